The van der Waals surface area contributed by atoms with Crippen LogP contribution in [0.1, 0.15) is 6.92 Å². The summed E-state index contributed by atoms with van der Waals surface area (Å²) in [6.45, 7) is 3.63. The predicted molar refractivity (Wildman–Crippen MR) is 53.9 cm³/mol. The Bertz CT molecular complexity index is 141. The number of likely N-dealkylation sites (N-methyl/N-ethyl adjacent to an activating group) is 1. The van der Waals surface area contributed by atoms with Crippen molar-refractivity contribution in [2.45, 2.75) is 6.92 Å². The molecule has 0 aromatic heterocycles. The molecular formula is C7H17N3OS. The highest BCUT2D eigenvalue weighted by atomic mass is 32.2. The monoisotopic (exact) mass is 191 g/mol. The van der Waals surface area contributed by atoms with Crippen LogP contribution < -0.4 is 5.73 Å². The zero-order chi connectivity index (χ0) is 9.40. The summed E-state index contributed by atoms with van der Waals surface area (Å²) in [5.41, 5.74) is 5.33. The maximum absolute atomic E-state index is 8.29. The molecule has 0 amide bonds. The van der Waals surface area contributed by atoms with Crippen molar-refractivity contribution in [3.05, 3.63) is 0 Å². The first-order valence-corrected chi connectivity index (χ1v) is 5.08. The lowest BCUT2D eigenvalue weighted by atomic mass is 10.5. The van der Waals surface area contributed by atoms with Crippen molar-refractivity contribution in [2.75, 3.05) is 31.6 Å². The van der Waals surface area contributed by atoms with Crippen LogP contribution in [-0.4, -0.2) is 47.6 Å². The molecule has 0 heterocycles. The molecule has 12 heavy (non-hydrogen) atoms. The van der Waals surface area contributed by atoms with Gasteiger partial charge in [-0.3, -0.25) is 4.90 Å². The number of nitrogens with zero attached hydrogens (tertiary/aromatic N) is 2. The number of hydrogen-bond acceptors (Lipinski definition) is 4. The molecule has 0 aliphatic rings. The second kappa shape index (κ2) is 7.24. The molecule has 0 unspecified atom stereocenters. The minimum atomic E-state index is 0.263. The van der Waals surface area contributed by atoms with Gasteiger partial charge >= 0.3 is 0 Å². The Kier molecular flexibility index (Phi) is 6.99. The molecule has 0 spiro atoms. The standard InChI is InChI=1S/C7H17N3OS/c1-3-12-5-4-10(2)6-7(8)9-11/h11H,3-6H2,1-2H3,(H2,8,9). The minimum absolute atomic E-state index is 0.263. The number of oxime groups is 1. The fourth-order valence-electron chi connectivity index (χ4n) is 0.752. The van der Waals surface area contributed by atoms with E-state index in [0.29, 0.717) is 6.54 Å². The zero-order valence-electron chi connectivity index (χ0n) is 7.66. The summed E-state index contributed by atoms with van der Waals surface area (Å²) in [7, 11) is 1.95. The molecule has 3 N–H and O–H groups in total. The molecule has 0 fully saturated rings. The molecule has 72 valence electrons. The maximum atomic E-state index is 8.29. The van der Waals surface area contributed by atoms with Gasteiger partial charge in [-0.15, -0.1) is 0 Å². The number of nitrogens with two attached hydrogens (primary N) is 1. The average molecular weight is 191 g/mol. The van der Waals surface area contributed by atoms with Crippen LogP contribution in [0.4, 0.5) is 0 Å². The van der Waals surface area contributed by atoms with Gasteiger partial charge in [0.1, 0.15) is 0 Å². The van der Waals surface area contributed by atoms with Gasteiger partial charge in [0.05, 0.1) is 6.54 Å². The number of amidine groups is 1. The third-order valence-electron chi connectivity index (χ3n) is 1.38. The lowest BCUT2D eigenvalue weighted by molar-refractivity contribution is 0.311. The molecule has 0 saturated carbocycles. The molecule has 0 aliphatic carbocycles. The molecule has 0 rings (SSSR count). The van der Waals surface area contributed by atoms with Crippen molar-refractivity contribution < 1.29 is 5.21 Å². The van der Waals surface area contributed by atoms with E-state index in [1.807, 2.05) is 23.7 Å². The quantitative estimate of drug-likeness (QED) is 0.210. The second-order valence-corrected chi connectivity index (χ2v) is 3.92. The topological polar surface area (TPSA) is 61.8 Å². The van der Waals surface area contributed by atoms with Crippen molar-refractivity contribution in [1.82, 2.24) is 4.90 Å². The van der Waals surface area contributed by atoms with Crippen LogP contribution >= 0.6 is 11.8 Å². The van der Waals surface area contributed by atoms with E-state index >= 15 is 0 Å². The summed E-state index contributed by atoms with van der Waals surface area (Å²) in [6.07, 6.45) is 0. The highest BCUT2D eigenvalue weighted by Crippen LogP contribution is 1.97. The molecule has 5 heteroatoms. The lowest BCUT2D eigenvalue weighted by Gasteiger charge is -2.14. The van der Waals surface area contributed by atoms with E-state index in [2.05, 4.69) is 12.1 Å². The molecular weight excluding hydrogens is 174 g/mol. The van der Waals surface area contributed by atoms with Crippen molar-refractivity contribution >= 4 is 17.6 Å². The molecule has 0 atom stereocenters. The van der Waals surface area contributed by atoms with Crippen LogP contribution in [0.3, 0.4) is 0 Å². The van der Waals surface area contributed by atoms with Gasteiger partial charge in [0.25, 0.3) is 0 Å². The van der Waals surface area contributed by atoms with Crippen molar-refractivity contribution in [3.8, 4) is 0 Å². The van der Waals surface area contributed by atoms with E-state index in [4.69, 9.17) is 10.9 Å². The molecule has 0 saturated heterocycles. The van der Waals surface area contributed by atoms with Gasteiger partial charge in [-0.1, -0.05) is 12.1 Å². The smallest absolute Gasteiger partial charge is 0.153 e. The van der Waals surface area contributed by atoms with Gasteiger partial charge in [-0.25, -0.2) is 0 Å². The summed E-state index contributed by atoms with van der Waals surface area (Å²) in [5, 5.41) is 11.2. The van der Waals surface area contributed by atoms with E-state index in [0.717, 1.165) is 18.1 Å². The van der Waals surface area contributed by atoms with E-state index in [-0.39, 0.29) is 5.84 Å². The maximum Gasteiger partial charge on any atom is 0.153 e. The Labute approximate surface area is 77.8 Å². The van der Waals surface area contributed by atoms with Gasteiger partial charge in [0, 0.05) is 12.3 Å². The largest absolute Gasteiger partial charge is 0.409 e. The van der Waals surface area contributed by atoms with Crippen LogP contribution in [0.5, 0.6) is 0 Å². The number of thioether (sulfide) groups is 1. The fraction of sp³-hybridized carbons (Fsp3) is 0.857. The highest BCUT2D eigenvalue weighted by Gasteiger charge is 2.00. The SMILES string of the molecule is CCSCCN(C)CC(N)=NO. The third-order valence-corrected chi connectivity index (χ3v) is 2.26. The molecule has 0 radical (unpaired) electrons. The van der Waals surface area contributed by atoms with Crippen molar-refractivity contribution in [3.63, 3.8) is 0 Å². The van der Waals surface area contributed by atoms with Crippen LogP contribution in [0.25, 0.3) is 0 Å². The highest BCUT2D eigenvalue weighted by molar-refractivity contribution is 7.99. The number of hydrogen-bond donors (Lipinski definition) is 2. The normalized spacial score (nSPS) is 12.4. The van der Waals surface area contributed by atoms with Gasteiger partial charge < -0.3 is 10.9 Å². The molecule has 0 aliphatic heterocycles. The van der Waals surface area contributed by atoms with Gasteiger partial charge in [0.2, 0.25) is 0 Å². The van der Waals surface area contributed by atoms with Crippen LogP contribution in [0.15, 0.2) is 5.16 Å². The first-order valence-electron chi connectivity index (χ1n) is 3.93. The Balaban J connectivity index is 3.39. The lowest BCUT2D eigenvalue weighted by Crippen LogP contribution is -2.32. The molecule has 0 aromatic rings. The number of rotatable bonds is 6. The fourth-order valence-corrected chi connectivity index (χ4v) is 1.48. The van der Waals surface area contributed by atoms with E-state index < -0.39 is 0 Å². The van der Waals surface area contributed by atoms with E-state index in [1.54, 1.807) is 0 Å². The molecule has 0 bridgehead atoms. The average Bonchev–Trinajstić information content (AvgIpc) is 2.05. The van der Waals surface area contributed by atoms with Crippen LogP contribution in [0, 0.1) is 0 Å². The third kappa shape index (κ3) is 6.30. The molecule has 0 aromatic carbocycles. The summed E-state index contributed by atoms with van der Waals surface area (Å²) in [5.74, 6) is 2.49. The van der Waals surface area contributed by atoms with Gasteiger partial charge in [-0.05, 0) is 12.8 Å². The molecule has 4 nitrogen and oxygen atoms in total. The summed E-state index contributed by atoms with van der Waals surface area (Å²) in [4.78, 5) is 2.03. The second-order valence-electron chi connectivity index (χ2n) is 2.53. The van der Waals surface area contributed by atoms with Gasteiger partial charge in [0.15, 0.2) is 5.84 Å². The minimum Gasteiger partial charge on any atom is -0.409 e. The van der Waals surface area contributed by atoms with E-state index in [1.165, 1.54) is 0 Å². The Morgan fingerprint density at radius 2 is 2.33 bits per heavy atom. The van der Waals surface area contributed by atoms with Crippen LogP contribution in [0.2, 0.25) is 0 Å². The van der Waals surface area contributed by atoms with Crippen LogP contribution in [-0.2, 0) is 0 Å². The summed E-state index contributed by atoms with van der Waals surface area (Å²) >= 11 is 1.89. The Morgan fingerprint density at radius 1 is 1.67 bits per heavy atom. The first kappa shape index (κ1) is 11.6. The van der Waals surface area contributed by atoms with Crippen molar-refractivity contribution in [1.29, 1.82) is 0 Å². The summed E-state index contributed by atoms with van der Waals surface area (Å²) in [6, 6.07) is 0. The van der Waals surface area contributed by atoms with E-state index in [9.17, 15) is 0 Å². The Hall–Kier alpha value is -0.420. The summed E-state index contributed by atoms with van der Waals surface area (Å²) < 4.78 is 0. The van der Waals surface area contributed by atoms with Gasteiger partial charge in [-0.2, -0.15) is 11.8 Å². The van der Waals surface area contributed by atoms with Crippen molar-refractivity contribution in [2.24, 2.45) is 10.9 Å². The Morgan fingerprint density at radius 3 is 2.83 bits per heavy atom. The predicted octanol–water partition coefficient (Wildman–Crippen LogP) is 0.418. The first-order chi connectivity index (χ1) is 5.70. The zero-order valence-corrected chi connectivity index (χ0v) is 8.47.